The smallest absolute Gasteiger partial charge is 0.371 e. The lowest BCUT2D eigenvalue weighted by Gasteiger charge is -2.31. The predicted octanol–water partition coefficient (Wildman–Crippen LogP) is -3.60. The van der Waals surface area contributed by atoms with Crippen LogP contribution in [0.1, 0.15) is 12.0 Å². The number of carbonyl (C=O) groups is 8. The number of rotatable bonds is 18. The molecule has 1 aromatic carbocycles. The number of aliphatic hydroxyl groups is 2. The quantitative estimate of drug-likeness (QED) is 0.0578. The fourth-order valence-corrected chi connectivity index (χ4v) is 4.15. The van der Waals surface area contributed by atoms with Gasteiger partial charge in [0.1, 0.15) is 31.0 Å². The first-order valence-corrected chi connectivity index (χ1v) is 14.3. The van der Waals surface area contributed by atoms with Gasteiger partial charge in [0.05, 0.1) is 18.8 Å². The van der Waals surface area contributed by atoms with Gasteiger partial charge in [-0.25, -0.2) is 4.79 Å². The Kier molecular flexibility index (Phi) is 13.7. The van der Waals surface area contributed by atoms with Gasteiger partial charge >= 0.3 is 5.97 Å². The number of nitrogens with zero attached hydrogens (tertiary/aromatic N) is 1. The van der Waals surface area contributed by atoms with E-state index in [1.54, 1.807) is 0 Å². The molecule has 0 saturated heterocycles. The van der Waals surface area contributed by atoms with Crippen molar-refractivity contribution in [2.75, 3.05) is 38.7 Å². The summed E-state index contributed by atoms with van der Waals surface area (Å²) in [5.41, 5.74) is 0.221. The van der Waals surface area contributed by atoms with Crippen molar-refractivity contribution in [2.24, 2.45) is 0 Å². The number of nitrogens with one attached hydrogen (secondary N) is 4. The number of hydrogen-bond donors (Lipinski definition) is 7. The van der Waals surface area contributed by atoms with Gasteiger partial charge in [-0.3, -0.25) is 38.5 Å². The van der Waals surface area contributed by atoms with Crippen LogP contribution in [0.4, 0.5) is 5.69 Å². The molecule has 20 heteroatoms. The minimum atomic E-state index is -1.75. The van der Waals surface area contributed by atoms with Crippen molar-refractivity contribution in [1.29, 1.82) is 0 Å². The first-order chi connectivity index (χ1) is 23.3. The molecule has 2 aliphatic rings. The van der Waals surface area contributed by atoms with Crippen molar-refractivity contribution in [3.8, 4) is 5.75 Å². The van der Waals surface area contributed by atoms with E-state index in [2.05, 4.69) is 21.3 Å². The zero-order chi connectivity index (χ0) is 36.1. The van der Waals surface area contributed by atoms with Crippen molar-refractivity contribution in [1.82, 2.24) is 20.9 Å². The number of hydrogen-bond acceptors (Lipinski definition) is 14. The number of aliphatic carboxylic acids is 1. The van der Waals surface area contributed by atoms with Crippen LogP contribution in [0.5, 0.6) is 5.75 Å². The van der Waals surface area contributed by atoms with Gasteiger partial charge in [0.25, 0.3) is 24.6 Å². The second-order valence-corrected chi connectivity index (χ2v) is 10.2. The van der Waals surface area contributed by atoms with Crippen molar-refractivity contribution in [3.63, 3.8) is 0 Å². The normalized spacial score (nSPS) is 18.8. The summed E-state index contributed by atoms with van der Waals surface area (Å²) in [4.78, 5) is 97.0. The van der Waals surface area contributed by atoms with Crippen LogP contribution in [0.25, 0.3) is 0 Å². The first-order valence-electron chi connectivity index (χ1n) is 14.3. The molecule has 2 aliphatic heterocycles. The van der Waals surface area contributed by atoms with Crippen LogP contribution in [0.15, 0.2) is 42.2 Å². The number of carboxylic acids is 1. The van der Waals surface area contributed by atoms with Gasteiger partial charge < -0.3 is 55.5 Å². The molecule has 0 fully saturated rings. The largest absolute Gasteiger partial charge is 0.475 e. The molecule has 2 heterocycles. The molecular formula is C29H33N5O15. The maximum Gasteiger partial charge on any atom is 0.371 e. The summed E-state index contributed by atoms with van der Waals surface area (Å²) in [5, 5.41) is 39.0. The van der Waals surface area contributed by atoms with E-state index in [0.717, 1.165) is 18.2 Å². The number of ether oxygens (including phenoxy) is 4. The van der Waals surface area contributed by atoms with Crippen LogP contribution < -0.4 is 26.0 Å². The molecule has 0 spiro atoms. The fourth-order valence-electron chi connectivity index (χ4n) is 4.15. The van der Waals surface area contributed by atoms with Gasteiger partial charge in [-0.15, -0.1) is 0 Å². The second-order valence-electron chi connectivity index (χ2n) is 10.2. The monoisotopic (exact) mass is 691 g/mol. The van der Waals surface area contributed by atoms with Crippen LogP contribution >= 0.6 is 0 Å². The van der Waals surface area contributed by atoms with Gasteiger partial charge in [0.2, 0.25) is 29.4 Å². The third-order valence-electron chi connectivity index (χ3n) is 6.60. The Morgan fingerprint density at radius 2 is 1.76 bits per heavy atom. The second kappa shape index (κ2) is 17.9. The maximum absolute atomic E-state index is 13.0. The molecule has 20 nitrogen and oxygen atoms in total. The Labute approximate surface area is 277 Å². The Morgan fingerprint density at radius 1 is 1.04 bits per heavy atom. The van der Waals surface area contributed by atoms with Crippen LogP contribution in [0.3, 0.4) is 0 Å². The van der Waals surface area contributed by atoms with Gasteiger partial charge in [-0.05, 0) is 23.8 Å². The summed E-state index contributed by atoms with van der Waals surface area (Å²) in [7, 11) is 1.37. The fraction of sp³-hybridized carbons (Fsp3) is 0.379. The molecule has 0 bridgehead atoms. The zero-order valence-electron chi connectivity index (χ0n) is 25.8. The number of benzene rings is 1. The maximum atomic E-state index is 13.0. The van der Waals surface area contributed by atoms with E-state index >= 15 is 0 Å². The van der Waals surface area contributed by atoms with E-state index in [9.17, 15) is 53.7 Å². The molecule has 3 rings (SSSR count). The SMILES string of the molecule is COCCC(=O)NCC(NC(=O)CN1C(=O)C=CC1=O)C(=O)NCC(=O)Nc1cc(COC=O)ccc1O[C@@H]1OC(C(=O)O)=C[C@H](O)[C@H]1O. The van der Waals surface area contributed by atoms with E-state index in [-0.39, 0.29) is 37.5 Å². The van der Waals surface area contributed by atoms with Crippen LogP contribution in [0.2, 0.25) is 0 Å². The molecule has 0 radical (unpaired) electrons. The summed E-state index contributed by atoms with van der Waals surface area (Å²) in [6, 6.07) is 2.50. The zero-order valence-corrected chi connectivity index (χ0v) is 25.8. The van der Waals surface area contributed by atoms with Crippen LogP contribution in [0, 0.1) is 0 Å². The van der Waals surface area contributed by atoms with Crippen molar-refractivity contribution >= 4 is 53.6 Å². The highest BCUT2D eigenvalue weighted by molar-refractivity contribution is 6.14. The highest BCUT2D eigenvalue weighted by Crippen LogP contribution is 2.30. The molecule has 264 valence electrons. The number of amides is 6. The third kappa shape index (κ3) is 11.1. The average Bonchev–Trinajstić information content (AvgIpc) is 3.38. The molecule has 6 amide bonds. The first kappa shape index (κ1) is 37.6. The molecule has 4 atom stereocenters. The van der Waals surface area contributed by atoms with E-state index < -0.39 is 91.3 Å². The number of carboxylic acid groups (broad SMARTS) is 1. The van der Waals surface area contributed by atoms with Gasteiger partial charge in [0.15, 0.2) is 6.10 Å². The molecule has 0 saturated carbocycles. The summed E-state index contributed by atoms with van der Waals surface area (Å²) in [5.74, 6) is -7.21. The van der Waals surface area contributed by atoms with Crippen LogP contribution in [-0.4, -0.2) is 126 Å². The lowest BCUT2D eigenvalue weighted by Crippen LogP contribution is -2.55. The summed E-state index contributed by atoms with van der Waals surface area (Å²) in [6.07, 6.45) is -2.54. The van der Waals surface area contributed by atoms with Crippen molar-refractivity contribution in [2.45, 2.75) is 37.6 Å². The van der Waals surface area contributed by atoms with Gasteiger partial charge in [0, 0.05) is 32.2 Å². The number of imide groups is 1. The molecule has 1 aromatic rings. The number of methoxy groups -OCH3 is 1. The molecule has 1 unspecified atom stereocenters. The molecule has 49 heavy (non-hydrogen) atoms. The van der Waals surface area contributed by atoms with Gasteiger partial charge in [-0.1, -0.05) is 6.07 Å². The Hall–Kier alpha value is -5.86. The van der Waals surface area contributed by atoms with Crippen LogP contribution in [-0.2, 0) is 59.2 Å². The third-order valence-corrected chi connectivity index (χ3v) is 6.60. The highest BCUT2D eigenvalue weighted by atomic mass is 16.7. The number of aliphatic hydroxyl groups excluding tert-OH is 2. The Morgan fingerprint density at radius 3 is 2.41 bits per heavy atom. The summed E-state index contributed by atoms with van der Waals surface area (Å²) >= 11 is 0. The van der Waals surface area contributed by atoms with E-state index in [4.69, 9.17) is 18.9 Å². The van der Waals surface area contributed by atoms with E-state index in [0.29, 0.717) is 10.5 Å². The minimum absolute atomic E-state index is 0.0687. The standard InChI is InChI=1S/C29H33N5O15/c1-46-7-6-21(37)30-10-17(33-23(39)12-34-24(40)4-5-25(34)41)27(43)31-11-22(38)32-16-8-15(13-47-14-35)2-3-19(16)48-29-26(42)18(36)9-20(49-29)28(44)45/h2-5,8-9,14,17-18,26,29,36,42H,6-7,10-13H2,1H3,(H,30,37)(H,31,43)(H,32,38)(H,33,39)(H,44,45)/t17?,18-,26+,29+/m0/s1. The lowest BCUT2D eigenvalue weighted by atomic mass is 10.1. The minimum Gasteiger partial charge on any atom is -0.475 e. The number of carbonyl (C=O) groups excluding carboxylic acids is 7. The van der Waals surface area contributed by atoms with Gasteiger partial charge in [-0.2, -0.15) is 0 Å². The number of anilines is 1. The summed E-state index contributed by atoms with van der Waals surface area (Å²) in [6.45, 7) is -1.88. The van der Waals surface area contributed by atoms with E-state index in [1.807, 2.05) is 0 Å². The van der Waals surface area contributed by atoms with Crippen molar-refractivity contribution in [3.05, 3.63) is 47.7 Å². The molecule has 0 aromatic heterocycles. The topological polar surface area (TPSA) is 286 Å². The predicted molar refractivity (Wildman–Crippen MR) is 159 cm³/mol. The van der Waals surface area contributed by atoms with E-state index in [1.165, 1.54) is 25.3 Å². The highest BCUT2D eigenvalue weighted by Gasteiger charge is 2.37. The molecule has 0 aliphatic carbocycles. The average molecular weight is 692 g/mol. The lowest BCUT2D eigenvalue weighted by molar-refractivity contribution is -0.172. The molecular weight excluding hydrogens is 658 g/mol. The summed E-state index contributed by atoms with van der Waals surface area (Å²) < 4.78 is 20.2. The van der Waals surface area contributed by atoms with Crippen molar-refractivity contribution < 1.29 is 72.6 Å². The Bertz CT molecular complexity index is 1510. The Balaban J connectivity index is 1.71. The molecule has 7 N–H and O–H groups in total.